The van der Waals surface area contributed by atoms with Crippen LogP contribution in [0.25, 0.3) is 10.9 Å². The lowest BCUT2D eigenvalue weighted by Gasteiger charge is -2.14. The minimum Gasteiger partial charge on any atom is -0.493 e. The molecule has 5 nitrogen and oxygen atoms in total. The number of nitrogens with zero attached hydrogens (tertiary/aromatic N) is 2. The normalized spacial score (nSPS) is 12.3. The number of anilines is 2. The van der Waals surface area contributed by atoms with E-state index in [2.05, 4.69) is 31.2 Å². The summed E-state index contributed by atoms with van der Waals surface area (Å²) >= 11 is 3.22. The van der Waals surface area contributed by atoms with E-state index in [0.29, 0.717) is 21.2 Å². The van der Waals surface area contributed by atoms with Gasteiger partial charge in [0.15, 0.2) is 11.5 Å². The van der Waals surface area contributed by atoms with Crippen LogP contribution in [0.3, 0.4) is 0 Å². The maximum atomic E-state index is 14.3. The third-order valence-electron chi connectivity index (χ3n) is 4.23. The second-order valence-electron chi connectivity index (χ2n) is 6.16. The van der Waals surface area contributed by atoms with Crippen molar-refractivity contribution in [3.63, 3.8) is 0 Å². The summed E-state index contributed by atoms with van der Waals surface area (Å²) < 4.78 is 48.5. The maximum Gasteiger partial charge on any atom is 0.163 e. The molecular weight excluding hydrogens is 473 g/mol. The predicted octanol–water partition coefficient (Wildman–Crippen LogP) is 6.28. The standard InChI is InChI=1S/C22H17BrFN3O2.ClH/c1-28-20-10-16-19(11-21(20)29-12-14-5-3-2-4-6-14)25-13-26-22(16)27-18-8-7-15(23)9-17(18)24;/h2-11,13H,12H2,1H3,(H,25,26,27);1H/i1D3;. The van der Waals surface area contributed by atoms with Crippen LogP contribution in [0.5, 0.6) is 11.5 Å². The Balaban J connectivity index is 0.00000306. The molecule has 0 radical (unpaired) electrons. The molecule has 0 aliphatic rings. The number of nitrogens with one attached hydrogen (secondary N) is 1. The van der Waals surface area contributed by atoms with Gasteiger partial charge >= 0.3 is 0 Å². The first-order chi connectivity index (χ1) is 15.3. The summed E-state index contributed by atoms with van der Waals surface area (Å²) in [5.41, 5.74) is 1.58. The summed E-state index contributed by atoms with van der Waals surface area (Å²) in [4.78, 5) is 8.43. The monoisotopic (exact) mass is 492 g/mol. The average molecular weight is 494 g/mol. The van der Waals surface area contributed by atoms with Crippen molar-refractivity contribution in [1.82, 2.24) is 9.97 Å². The van der Waals surface area contributed by atoms with E-state index in [1.165, 1.54) is 18.5 Å². The molecule has 0 unspecified atom stereocenters. The maximum absolute atomic E-state index is 14.3. The van der Waals surface area contributed by atoms with Gasteiger partial charge in [-0.3, -0.25) is 0 Å². The average Bonchev–Trinajstić information content (AvgIpc) is 2.74. The summed E-state index contributed by atoms with van der Waals surface area (Å²) in [6.45, 7) is 0.212. The Bertz CT molecular complexity index is 1260. The van der Waals surface area contributed by atoms with Crippen molar-refractivity contribution in [2.24, 2.45) is 0 Å². The van der Waals surface area contributed by atoms with Crippen molar-refractivity contribution in [2.75, 3.05) is 12.4 Å². The molecule has 4 aromatic rings. The molecule has 1 N–H and O–H groups in total. The molecule has 8 heteroatoms. The highest BCUT2D eigenvalue weighted by molar-refractivity contribution is 9.10. The van der Waals surface area contributed by atoms with Crippen LogP contribution in [0.4, 0.5) is 15.9 Å². The smallest absolute Gasteiger partial charge is 0.163 e. The second-order valence-corrected chi connectivity index (χ2v) is 7.08. The summed E-state index contributed by atoms with van der Waals surface area (Å²) in [5, 5.41) is 3.37. The number of aromatic nitrogens is 2. The number of halogens is 3. The lowest BCUT2D eigenvalue weighted by Crippen LogP contribution is -2.01. The van der Waals surface area contributed by atoms with Crippen molar-refractivity contribution < 1.29 is 18.0 Å². The highest BCUT2D eigenvalue weighted by Crippen LogP contribution is 2.35. The number of hydrogen-bond donors (Lipinski definition) is 1. The van der Waals surface area contributed by atoms with Gasteiger partial charge in [0, 0.05) is 15.9 Å². The van der Waals surface area contributed by atoms with E-state index >= 15 is 0 Å². The molecule has 0 atom stereocenters. The zero-order valence-electron chi connectivity index (χ0n) is 18.4. The molecule has 0 aliphatic carbocycles. The fourth-order valence-electron chi connectivity index (χ4n) is 2.81. The van der Waals surface area contributed by atoms with Crippen LogP contribution in [-0.4, -0.2) is 17.0 Å². The number of rotatable bonds is 6. The van der Waals surface area contributed by atoms with Crippen molar-refractivity contribution in [3.05, 3.63) is 82.8 Å². The Hall–Kier alpha value is -2.90. The molecule has 1 heterocycles. The van der Waals surface area contributed by atoms with Gasteiger partial charge < -0.3 is 14.8 Å². The topological polar surface area (TPSA) is 56.3 Å². The van der Waals surface area contributed by atoms with Gasteiger partial charge in [-0.25, -0.2) is 14.4 Å². The fourth-order valence-corrected chi connectivity index (χ4v) is 3.14. The van der Waals surface area contributed by atoms with E-state index in [-0.39, 0.29) is 36.2 Å². The van der Waals surface area contributed by atoms with Gasteiger partial charge in [0.1, 0.15) is 24.6 Å². The fraction of sp³-hybridized carbons (Fsp3) is 0.0909. The first-order valence-electron chi connectivity index (χ1n) is 10.1. The van der Waals surface area contributed by atoms with Crippen LogP contribution in [0, 0.1) is 5.82 Å². The Kier molecular flexibility index (Phi) is 5.81. The first-order valence-corrected chi connectivity index (χ1v) is 9.44. The lowest BCUT2D eigenvalue weighted by molar-refractivity contribution is 0.285. The number of ether oxygens (including phenoxy) is 2. The van der Waals surface area contributed by atoms with Gasteiger partial charge in [0.05, 0.1) is 22.4 Å². The van der Waals surface area contributed by atoms with Gasteiger partial charge in [-0.05, 0) is 29.8 Å². The number of benzene rings is 3. The Morgan fingerprint density at radius 2 is 1.90 bits per heavy atom. The molecule has 3 aromatic carbocycles. The first kappa shape index (κ1) is 17.9. The lowest BCUT2D eigenvalue weighted by atomic mass is 10.2. The quantitative estimate of drug-likeness (QED) is 0.342. The largest absolute Gasteiger partial charge is 0.493 e. The van der Waals surface area contributed by atoms with Crippen molar-refractivity contribution in [3.8, 4) is 11.5 Å². The summed E-state index contributed by atoms with van der Waals surface area (Å²) in [7, 11) is -2.69. The van der Waals surface area contributed by atoms with Gasteiger partial charge in [-0.1, -0.05) is 46.3 Å². The Labute approximate surface area is 192 Å². The summed E-state index contributed by atoms with van der Waals surface area (Å²) in [5.74, 6) is 0.0358. The molecule has 0 bridgehead atoms. The van der Waals surface area contributed by atoms with Crippen LogP contribution < -0.4 is 14.8 Å². The van der Waals surface area contributed by atoms with E-state index in [1.54, 1.807) is 18.2 Å². The van der Waals surface area contributed by atoms with Gasteiger partial charge in [-0.2, -0.15) is 0 Å². The minimum atomic E-state index is -2.69. The molecule has 0 spiro atoms. The molecule has 154 valence electrons. The Morgan fingerprint density at radius 3 is 2.67 bits per heavy atom. The van der Waals surface area contributed by atoms with Crippen LogP contribution >= 0.6 is 28.3 Å². The van der Waals surface area contributed by atoms with Crippen molar-refractivity contribution in [1.29, 1.82) is 0 Å². The zero-order valence-corrected chi connectivity index (χ0v) is 17.8. The van der Waals surface area contributed by atoms with Crippen LogP contribution in [0.15, 0.2) is 71.5 Å². The van der Waals surface area contributed by atoms with Crippen LogP contribution in [0.2, 0.25) is 0 Å². The van der Waals surface area contributed by atoms with Crippen LogP contribution in [0.1, 0.15) is 9.68 Å². The summed E-state index contributed by atoms with van der Waals surface area (Å²) in [6, 6.07) is 17.1. The van der Waals surface area contributed by atoms with Crippen LogP contribution in [-0.2, 0) is 6.61 Å². The highest BCUT2D eigenvalue weighted by Gasteiger charge is 2.13. The third-order valence-corrected chi connectivity index (χ3v) is 4.73. The van der Waals surface area contributed by atoms with Crippen molar-refractivity contribution >= 4 is 50.7 Å². The molecule has 30 heavy (non-hydrogen) atoms. The molecular formula is C22H18BrClFN3O2. The predicted molar refractivity (Wildman–Crippen MR) is 121 cm³/mol. The van der Waals surface area contributed by atoms with E-state index in [1.807, 2.05) is 30.3 Å². The number of fused-ring (bicyclic) bond motifs is 1. The molecule has 0 saturated carbocycles. The SMILES string of the molecule is Cl.[2H]C([2H])([2H])Oc1cc2c(Nc3ccc(Br)cc3F)ncnc2cc1OCc1ccccc1. The Morgan fingerprint density at radius 1 is 1.07 bits per heavy atom. The van der Waals surface area contributed by atoms with E-state index < -0.39 is 12.9 Å². The molecule has 0 amide bonds. The van der Waals surface area contributed by atoms with Gasteiger partial charge in [-0.15, -0.1) is 12.4 Å². The molecule has 0 saturated heterocycles. The third kappa shape index (κ3) is 4.80. The second kappa shape index (κ2) is 9.73. The zero-order chi connectivity index (χ0) is 22.7. The molecule has 0 aliphatic heterocycles. The van der Waals surface area contributed by atoms with Crippen molar-refractivity contribution in [2.45, 2.75) is 6.61 Å². The molecule has 4 rings (SSSR count). The summed E-state index contributed by atoms with van der Waals surface area (Å²) in [6.07, 6.45) is 1.33. The molecule has 0 fully saturated rings. The molecule has 1 aromatic heterocycles. The van der Waals surface area contributed by atoms with Gasteiger partial charge in [0.2, 0.25) is 0 Å². The minimum absolute atomic E-state index is 0. The highest BCUT2D eigenvalue weighted by atomic mass is 79.9. The number of hydrogen-bond acceptors (Lipinski definition) is 5. The van der Waals surface area contributed by atoms with E-state index in [4.69, 9.17) is 13.6 Å². The van der Waals surface area contributed by atoms with E-state index in [9.17, 15) is 4.39 Å². The van der Waals surface area contributed by atoms with E-state index in [0.717, 1.165) is 5.56 Å². The van der Waals surface area contributed by atoms with Gasteiger partial charge in [0.25, 0.3) is 0 Å². The number of methoxy groups -OCH3 is 1.